The van der Waals surface area contributed by atoms with Crippen LogP contribution in [0.5, 0.6) is 28.7 Å². The highest BCUT2D eigenvalue weighted by Crippen LogP contribution is 2.46. The Kier molecular flexibility index (Phi) is 7.44. The highest BCUT2D eigenvalue weighted by molar-refractivity contribution is 6.03. The number of phenolic OH excluding ortho intramolecular Hbond substituents is 4. The van der Waals surface area contributed by atoms with Crippen molar-refractivity contribution in [1.82, 2.24) is 0 Å². The van der Waals surface area contributed by atoms with E-state index in [0.29, 0.717) is 17.5 Å². The molecule has 0 fully saturated rings. The first-order valence-electron chi connectivity index (χ1n) is 11.6. The number of hydrogen-bond donors (Lipinski definition) is 4. The lowest BCUT2D eigenvalue weighted by Crippen LogP contribution is -2.10. The summed E-state index contributed by atoms with van der Waals surface area (Å²) in [6.45, 7) is 0. The van der Waals surface area contributed by atoms with Crippen LogP contribution in [-0.4, -0.2) is 33.3 Å². The zero-order valence-electron chi connectivity index (χ0n) is 19.9. The molecule has 36 heavy (non-hydrogen) atoms. The van der Waals surface area contributed by atoms with Crippen LogP contribution in [0.3, 0.4) is 0 Å². The Labute approximate surface area is 209 Å². The van der Waals surface area contributed by atoms with Crippen molar-refractivity contribution >= 4 is 5.78 Å². The number of benzene rings is 4. The first-order chi connectivity index (χ1) is 17.4. The number of aryl methyl sites for hydroxylation is 1. The molecule has 0 saturated carbocycles. The summed E-state index contributed by atoms with van der Waals surface area (Å²) in [6, 6.07) is 22.8. The first kappa shape index (κ1) is 24.7. The van der Waals surface area contributed by atoms with E-state index < -0.39 is 0 Å². The highest BCUT2D eigenvalue weighted by atomic mass is 16.5. The molecular formula is C30H28O6. The van der Waals surface area contributed by atoms with Gasteiger partial charge in [-0.1, -0.05) is 66.7 Å². The number of para-hydroxylation sites is 2. The second kappa shape index (κ2) is 10.9. The summed E-state index contributed by atoms with van der Waals surface area (Å²) < 4.78 is 5.58. The lowest BCUT2D eigenvalue weighted by Gasteiger charge is -2.21. The lowest BCUT2D eigenvalue weighted by atomic mass is 9.89. The van der Waals surface area contributed by atoms with Gasteiger partial charge in [-0.3, -0.25) is 4.79 Å². The van der Waals surface area contributed by atoms with Crippen LogP contribution in [-0.2, 0) is 19.3 Å². The Morgan fingerprint density at radius 3 is 1.78 bits per heavy atom. The van der Waals surface area contributed by atoms with Crippen LogP contribution in [0.4, 0.5) is 0 Å². The largest absolute Gasteiger partial charge is 0.508 e. The number of rotatable bonds is 9. The number of Topliss-reactive ketones (excluding diaryl/α,β-unsaturated/α-hetero) is 1. The van der Waals surface area contributed by atoms with E-state index in [0.717, 1.165) is 5.56 Å². The third kappa shape index (κ3) is 5.13. The Morgan fingerprint density at radius 2 is 1.22 bits per heavy atom. The van der Waals surface area contributed by atoms with E-state index >= 15 is 0 Å². The number of phenols is 4. The van der Waals surface area contributed by atoms with Crippen LogP contribution in [0.2, 0.25) is 0 Å². The van der Waals surface area contributed by atoms with Crippen molar-refractivity contribution in [3.63, 3.8) is 0 Å². The second-order valence-electron chi connectivity index (χ2n) is 8.58. The maximum Gasteiger partial charge on any atom is 0.170 e. The molecule has 0 aliphatic rings. The van der Waals surface area contributed by atoms with Crippen molar-refractivity contribution in [2.24, 2.45) is 0 Å². The Bertz CT molecular complexity index is 1380. The molecule has 0 atom stereocenters. The predicted molar refractivity (Wildman–Crippen MR) is 137 cm³/mol. The number of carbonyl (C=O) groups excluding carboxylic acids is 1. The summed E-state index contributed by atoms with van der Waals surface area (Å²) in [4.78, 5) is 13.5. The molecule has 0 unspecified atom stereocenters. The second-order valence-corrected chi connectivity index (χ2v) is 8.58. The van der Waals surface area contributed by atoms with Gasteiger partial charge in [0.15, 0.2) is 5.78 Å². The van der Waals surface area contributed by atoms with Gasteiger partial charge in [0.25, 0.3) is 0 Å². The smallest absolute Gasteiger partial charge is 0.170 e. The number of ether oxygens (including phenoxy) is 1. The van der Waals surface area contributed by atoms with Gasteiger partial charge in [-0.05, 0) is 35.2 Å². The molecule has 6 heteroatoms. The van der Waals surface area contributed by atoms with Crippen molar-refractivity contribution in [1.29, 1.82) is 0 Å². The fourth-order valence-electron chi connectivity index (χ4n) is 4.36. The molecule has 0 spiro atoms. The normalized spacial score (nSPS) is 10.8. The minimum Gasteiger partial charge on any atom is -0.508 e. The molecule has 6 nitrogen and oxygen atoms in total. The molecule has 4 N–H and O–H groups in total. The fourth-order valence-corrected chi connectivity index (χ4v) is 4.36. The molecule has 0 aromatic heterocycles. The molecule has 184 valence electrons. The quantitative estimate of drug-likeness (QED) is 0.233. The SMILES string of the molecule is COc1c(Cc2ccccc2O)c(O)c(Cc2ccccc2O)c(O)c1C(=O)CCc1ccccc1. The van der Waals surface area contributed by atoms with Gasteiger partial charge >= 0.3 is 0 Å². The van der Waals surface area contributed by atoms with Gasteiger partial charge in [0, 0.05) is 30.4 Å². The minimum absolute atomic E-state index is 0.00586. The molecule has 0 bridgehead atoms. The van der Waals surface area contributed by atoms with Crippen molar-refractivity contribution in [3.8, 4) is 28.7 Å². The van der Waals surface area contributed by atoms with E-state index in [4.69, 9.17) is 4.74 Å². The highest BCUT2D eigenvalue weighted by Gasteiger charge is 2.29. The van der Waals surface area contributed by atoms with Crippen molar-refractivity contribution in [3.05, 3.63) is 112 Å². The third-order valence-electron chi connectivity index (χ3n) is 6.28. The molecule has 0 aliphatic carbocycles. The number of methoxy groups -OCH3 is 1. The number of carbonyl (C=O) groups is 1. The summed E-state index contributed by atoms with van der Waals surface area (Å²) in [5.41, 5.74) is 2.32. The monoisotopic (exact) mass is 484 g/mol. The summed E-state index contributed by atoms with van der Waals surface area (Å²) in [5, 5.41) is 43.2. The molecule has 4 rings (SSSR count). The van der Waals surface area contributed by atoms with Gasteiger partial charge in [0.1, 0.15) is 34.3 Å². The molecule has 0 aliphatic heterocycles. The van der Waals surface area contributed by atoms with E-state index in [1.54, 1.807) is 36.4 Å². The molecule has 4 aromatic rings. The summed E-state index contributed by atoms with van der Waals surface area (Å²) in [6.07, 6.45) is 0.632. The number of ketones is 1. The number of hydrogen-bond acceptors (Lipinski definition) is 6. The predicted octanol–water partition coefficient (Wildman–Crippen LogP) is 5.51. The van der Waals surface area contributed by atoms with E-state index in [1.807, 2.05) is 30.3 Å². The Balaban J connectivity index is 1.83. The maximum absolute atomic E-state index is 13.5. The van der Waals surface area contributed by atoms with Crippen molar-refractivity contribution < 1.29 is 30.0 Å². The standard InChI is InChI=1S/C30H28O6/c1-36-30-23(18-21-12-6-8-14-25(21)32)28(34)22(17-20-11-5-7-13-24(20)31)29(35)27(30)26(33)16-15-19-9-3-2-4-10-19/h2-14,31-32,34-35H,15-18H2,1H3. The minimum atomic E-state index is -0.383. The van der Waals surface area contributed by atoms with Crippen LogP contribution in [0.15, 0.2) is 78.9 Å². The van der Waals surface area contributed by atoms with Crippen LogP contribution in [0.25, 0.3) is 0 Å². The van der Waals surface area contributed by atoms with Gasteiger partial charge in [-0.25, -0.2) is 0 Å². The molecule has 0 radical (unpaired) electrons. The average Bonchev–Trinajstić information content (AvgIpc) is 2.89. The fraction of sp³-hybridized carbons (Fsp3) is 0.167. The summed E-state index contributed by atoms with van der Waals surface area (Å²) >= 11 is 0. The molecule has 4 aromatic carbocycles. The van der Waals surface area contributed by atoms with Gasteiger partial charge in [-0.15, -0.1) is 0 Å². The van der Waals surface area contributed by atoms with E-state index in [1.165, 1.54) is 19.2 Å². The average molecular weight is 485 g/mol. The Hall–Kier alpha value is -4.45. The van der Waals surface area contributed by atoms with Crippen LogP contribution in [0, 0.1) is 0 Å². The van der Waals surface area contributed by atoms with Gasteiger partial charge in [0.05, 0.1) is 7.11 Å². The molecule has 0 saturated heterocycles. The van der Waals surface area contributed by atoms with Crippen molar-refractivity contribution in [2.75, 3.05) is 7.11 Å². The van der Waals surface area contributed by atoms with Gasteiger partial charge < -0.3 is 25.2 Å². The zero-order chi connectivity index (χ0) is 25.7. The first-order valence-corrected chi connectivity index (χ1v) is 11.6. The molecule has 0 amide bonds. The van der Waals surface area contributed by atoms with Crippen LogP contribution in [0.1, 0.15) is 44.6 Å². The third-order valence-corrected chi connectivity index (χ3v) is 6.28. The Morgan fingerprint density at radius 1 is 0.694 bits per heavy atom. The van der Waals surface area contributed by atoms with Gasteiger partial charge in [-0.2, -0.15) is 0 Å². The molecular weight excluding hydrogens is 456 g/mol. The zero-order valence-corrected chi connectivity index (χ0v) is 19.9. The van der Waals surface area contributed by atoms with Crippen LogP contribution < -0.4 is 4.74 Å². The summed E-state index contributed by atoms with van der Waals surface area (Å²) in [5.74, 6) is -0.877. The van der Waals surface area contributed by atoms with Gasteiger partial charge in [0.2, 0.25) is 0 Å². The lowest BCUT2D eigenvalue weighted by molar-refractivity contribution is 0.0976. The van der Waals surface area contributed by atoms with E-state index in [-0.39, 0.29) is 70.5 Å². The van der Waals surface area contributed by atoms with E-state index in [9.17, 15) is 25.2 Å². The van der Waals surface area contributed by atoms with Crippen LogP contribution >= 0.6 is 0 Å². The summed E-state index contributed by atoms with van der Waals surface area (Å²) in [7, 11) is 1.37. The molecule has 0 heterocycles. The maximum atomic E-state index is 13.5. The number of aromatic hydroxyl groups is 4. The van der Waals surface area contributed by atoms with Crippen molar-refractivity contribution in [2.45, 2.75) is 25.7 Å². The van der Waals surface area contributed by atoms with E-state index in [2.05, 4.69) is 0 Å². The topological polar surface area (TPSA) is 107 Å².